The molecule has 0 bridgehead atoms. The van der Waals surface area contributed by atoms with Crippen molar-refractivity contribution in [2.24, 2.45) is 11.3 Å². The third-order valence-electron chi connectivity index (χ3n) is 5.71. The molecule has 1 aliphatic rings. The molecule has 3 rings (SSSR count). The first kappa shape index (κ1) is 18.9. The molecule has 0 saturated carbocycles. The average Bonchev–Trinajstić information content (AvgIpc) is 2.97. The monoisotopic (exact) mass is 386 g/mol. The van der Waals surface area contributed by atoms with Crippen molar-refractivity contribution >= 4 is 33.8 Å². The van der Waals surface area contributed by atoms with Crippen molar-refractivity contribution < 1.29 is 4.79 Å². The van der Waals surface area contributed by atoms with E-state index in [9.17, 15) is 10.1 Å². The number of rotatable bonds is 4. The van der Waals surface area contributed by atoms with E-state index in [2.05, 4.69) is 32.2 Å². The maximum Gasteiger partial charge on any atom is 0.256 e. The van der Waals surface area contributed by atoms with E-state index < -0.39 is 0 Å². The fourth-order valence-corrected chi connectivity index (χ4v) is 5.02. The van der Waals surface area contributed by atoms with Crippen molar-refractivity contribution in [1.29, 1.82) is 5.26 Å². The molecule has 0 unspecified atom stereocenters. The summed E-state index contributed by atoms with van der Waals surface area (Å²) in [5.74, 6) is 0.384. The molecule has 0 fully saturated rings. The normalized spacial score (nSPS) is 16.7. The molecule has 1 aromatic carbocycles. The number of carbonyl (C=O) groups excluding carboxylic acids is 1. The van der Waals surface area contributed by atoms with Gasteiger partial charge < -0.3 is 5.32 Å². The Labute approximate surface area is 164 Å². The number of hydrogen-bond donors (Lipinski definition) is 1. The highest BCUT2D eigenvalue weighted by molar-refractivity contribution is 7.16. The van der Waals surface area contributed by atoms with Gasteiger partial charge in [-0.05, 0) is 54.4 Å². The minimum absolute atomic E-state index is 0.229. The summed E-state index contributed by atoms with van der Waals surface area (Å²) in [6.07, 6.45) is 4.14. The number of halogens is 1. The topological polar surface area (TPSA) is 52.9 Å². The third-order valence-corrected chi connectivity index (χ3v) is 7.11. The Balaban J connectivity index is 1.87. The van der Waals surface area contributed by atoms with Gasteiger partial charge >= 0.3 is 0 Å². The van der Waals surface area contributed by atoms with Crippen LogP contribution in [0.4, 0.5) is 5.00 Å². The standard InChI is InChI=1S/C21H23ClN2OS/c1-4-21(2,3)14-8-9-16-17(12-23)20(26-18(16)11-14)24-19(25)13-6-5-7-15(22)10-13/h5-7,10,14H,4,8-9,11H2,1-3H3,(H,24,25)/t14-/m1/s1. The average molecular weight is 387 g/mol. The van der Waals surface area contributed by atoms with Crippen LogP contribution in [0.2, 0.25) is 5.02 Å². The van der Waals surface area contributed by atoms with Crippen LogP contribution in [0.15, 0.2) is 24.3 Å². The molecule has 0 spiro atoms. The SMILES string of the molecule is CCC(C)(C)[C@@H]1CCc2c(sc(NC(=O)c3cccc(Cl)c3)c2C#N)C1. The molecule has 0 saturated heterocycles. The summed E-state index contributed by atoms with van der Waals surface area (Å²) in [7, 11) is 0. The zero-order valence-corrected chi connectivity index (χ0v) is 16.9. The molecule has 1 N–H and O–H groups in total. The van der Waals surface area contributed by atoms with Crippen LogP contribution in [-0.2, 0) is 12.8 Å². The van der Waals surface area contributed by atoms with Gasteiger partial charge in [0.05, 0.1) is 5.56 Å². The Hall–Kier alpha value is -1.83. The van der Waals surface area contributed by atoms with Crippen LogP contribution in [0.5, 0.6) is 0 Å². The van der Waals surface area contributed by atoms with Crippen LogP contribution in [0.1, 0.15) is 60.0 Å². The molecular weight excluding hydrogens is 364 g/mol. The zero-order valence-electron chi connectivity index (χ0n) is 15.4. The van der Waals surface area contributed by atoms with E-state index in [0.717, 1.165) is 31.2 Å². The highest BCUT2D eigenvalue weighted by Gasteiger charge is 2.34. The van der Waals surface area contributed by atoms with E-state index in [1.54, 1.807) is 35.6 Å². The molecular formula is C21H23ClN2OS. The molecule has 3 nitrogen and oxygen atoms in total. The number of nitrogens with zero attached hydrogens (tertiary/aromatic N) is 1. The Morgan fingerprint density at radius 2 is 2.23 bits per heavy atom. The predicted molar refractivity (Wildman–Crippen MR) is 108 cm³/mol. The lowest BCUT2D eigenvalue weighted by atomic mass is 9.69. The second kappa shape index (κ2) is 7.42. The van der Waals surface area contributed by atoms with Gasteiger partial charge in [0.15, 0.2) is 0 Å². The summed E-state index contributed by atoms with van der Waals surface area (Å²) in [5, 5.41) is 13.8. The Bertz CT molecular complexity index is 879. The molecule has 136 valence electrons. The van der Waals surface area contributed by atoms with E-state index in [4.69, 9.17) is 11.6 Å². The second-order valence-electron chi connectivity index (χ2n) is 7.57. The van der Waals surface area contributed by atoms with Crippen LogP contribution in [0.3, 0.4) is 0 Å². The van der Waals surface area contributed by atoms with Crippen molar-refractivity contribution in [1.82, 2.24) is 0 Å². The van der Waals surface area contributed by atoms with Crippen LogP contribution in [0.25, 0.3) is 0 Å². The van der Waals surface area contributed by atoms with E-state index in [0.29, 0.717) is 32.5 Å². The molecule has 2 aromatic rings. The van der Waals surface area contributed by atoms with Gasteiger partial charge in [-0.15, -0.1) is 11.3 Å². The summed E-state index contributed by atoms with van der Waals surface area (Å²) in [6, 6.07) is 9.15. The fourth-order valence-electron chi connectivity index (χ4n) is 3.55. The van der Waals surface area contributed by atoms with Gasteiger partial charge in [0.1, 0.15) is 11.1 Å². The van der Waals surface area contributed by atoms with E-state index >= 15 is 0 Å². The van der Waals surface area contributed by atoms with Crippen LogP contribution in [-0.4, -0.2) is 5.91 Å². The molecule has 1 aliphatic carbocycles. The Kier molecular flexibility index (Phi) is 5.41. The quantitative estimate of drug-likeness (QED) is 0.693. The number of amides is 1. The lowest BCUT2D eigenvalue weighted by Gasteiger charge is -2.36. The van der Waals surface area contributed by atoms with E-state index in [1.165, 1.54) is 4.88 Å². The van der Waals surface area contributed by atoms with Crippen LogP contribution < -0.4 is 5.32 Å². The van der Waals surface area contributed by atoms with Gasteiger partial charge in [-0.3, -0.25) is 4.79 Å². The summed E-state index contributed by atoms with van der Waals surface area (Å²) in [4.78, 5) is 13.8. The van der Waals surface area contributed by atoms with Crippen molar-refractivity contribution in [2.45, 2.75) is 46.5 Å². The van der Waals surface area contributed by atoms with Crippen LogP contribution >= 0.6 is 22.9 Å². The van der Waals surface area contributed by atoms with Crippen molar-refractivity contribution in [3.63, 3.8) is 0 Å². The molecule has 0 radical (unpaired) electrons. The predicted octanol–water partition coefficient (Wildman–Crippen LogP) is 6.07. The highest BCUT2D eigenvalue weighted by Crippen LogP contribution is 2.45. The zero-order chi connectivity index (χ0) is 18.9. The van der Waals surface area contributed by atoms with Gasteiger partial charge in [-0.25, -0.2) is 0 Å². The van der Waals surface area contributed by atoms with Crippen LogP contribution in [0, 0.1) is 22.7 Å². The number of fused-ring (bicyclic) bond motifs is 1. The van der Waals surface area contributed by atoms with Gasteiger partial charge in [0, 0.05) is 15.5 Å². The van der Waals surface area contributed by atoms with Gasteiger partial charge in [-0.2, -0.15) is 5.26 Å². The summed E-state index contributed by atoms with van der Waals surface area (Å²) in [5.41, 5.74) is 2.55. The molecule has 0 aliphatic heterocycles. The minimum Gasteiger partial charge on any atom is -0.312 e. The first-order valence-electron chi connectivity index (χ1n) is 8.97. The number of benzene rings is 1. The van der Waals surface area contributed by atoms with Crippen molar-refractivity contribution in [3.05, 3.63) is 50.9 Å². The minimum atomic E-state index is -0.229. The fraction of sp³-hybridized carbons (Fsp3) is 0.429. The highest BCUT2D eigenvalue weighted by atomic mass is 35.5. The number of carbonyl (C=O) groups is 1. The lowest BCUT2D eigenvalue weighted by Crippen LogP contribution is -2.28. The van der Waals surface area contributed by atoms with Gasteiger partial charge in [-0.1, -0.05) is 44.9 Å². The molecule has 1 aromatic heterocycles. The van der Waals surface area contributed by atoms with E-state index in [1.807, 2.05) is 0 Å². The molecule has 1 heterocycles. The number of anilines is 1. The Morgan fingerprint density at radius 1 is 1.46 bits per heavy atom. The molecule has 5 heteroatoms. The first-order valence-corrected chi connectivity index (χ1v) is 10.2. The smallest absolute Gasteiger partial charge is 0.256 e. The summed E-state index contributed by atoms with van der Waals surface area (Å²) in [6.45, 7) is 6.88. The first-order chi connectivity index (χ1) is 12.4. The van der Waals surface area contributed by atoms with Crippen molar-refractivity contribution in [3.8, 4) is 6.07 Å². The van der Waals surface area contributed by atoms with E-state index in [-0.39, 0.29) is 5.91 Å². The maximum absolute atomic E-state index is 12.5. The lowest BCUT2D eigenvalue weighted by molar-refractivity contribution is 0.102. The number of nitriles is 1. The summed E-state index contributed by atoms with van der Waals surface area (Å²) >= 11 is 7.53. The second-order valence-corrected chi connectivity index (χ2v) is 9.11. The molecule has 1 atom stereocenters. The third kappa shape index (κ3) is 3.65. The summed E-state index contributed by atoms with van der Waals surface area (Å²) < 4.78 is 0. The van der Waals surface area contributed by atoms with Gasteiger partial charge in [0.25, 0.3) is 5.91 Å². The maximum atomic E-state index is 12.5. The molecule has 1 amide bonds. The number of thiophene rings is 1. The number of hydrogen-bond acceptors (Lipinski definition) is 3. The van der Waals surface area contributed by atoms with Crippen molar-refractivity contribution in [2.75, 3.05) is 5.32 Å². The Morgan fingerprint density at radius 3 is 2.88 bits per heavy atom. The van der Waals surface area contributed by atoms with Gasteiger partial charge in [0.2, 0.25) is 0 Å². The largest absolute Gasteiger partial charge is 0.312 e. The molecule has 26 heavy (non-hydrogen) atoms. The number of nitrogens with one attached hydrogen (secondary N) is 1.